The Hall–Kier alpha value is 0.490. The van der Waals surface area contributed by atoms with Crippen molar-refractivity contribution in [3.05, 3.63) is 0 Å². The molecule has 0 aromatic rings. The molecule has 0 aliphatic carbocycles. The summed E-state index contributed by atoms with van der Waals surface area (Å²) in [5.74, 6) is 0. The van der Waals surface area contributed by atoms with Gasteiger partial charge in [0.05, 0.1) is 0 Å². The first-order valence-electron chi connectivity index (χ1n) is 1.95. The van der Waals surface area contributed by atoms with Crippen LogP contribution in [0.15, 0.2) is 3.25 Å². The fourth-order valence-electron chi connectivity index (χ4n) is 0.313. The van der Waals surface area contributed by atoms with Gasteiger partial charge in [-0.3, -0.25) is 0 Å². The molecule has 1 rings (SSSR count). The van der Waals surface area contributed by atoms with Gasteiger partial charge in [0.25, 0.3) is 0 Å². The fourth-order valence-corrected chi connectivity index (χ4v) is 1.58. The SMILES string of the molecule is CC1CNN=I1. The highest BCUT2D eigenvalue weighted by Crippen LogP contribution is 2.12. The van der Waals surface area contributed by atoms with E-state index in [9.17, 15) is 0 Å². The summed E-state index contributed by atoms with van der Waals surface area (Å²) in [5.41, 5.74) is 2.95. The zero-order valence-electron chi connectivity index (χ0n) is 3.61. The Morgan fingerprint density at radius 1 is 2.00 bits per heavy atom. The van der Waals surface area contributed by atoms with Crippen LogP contribution in [-0.4, -0.2) is 10.5 Å². The number of halogens is 1. The number of alkyl halides is 1. The third kappa shape index (κ3) is 0.975. The summed E-state index contributed by atoms with van der Waals surface area (Å²) in [4.78, 5) is 0. The standard InChI is InChI=1S/C3H7IN2/c1-3-2-5-6-4-3/h3,5H,2H2,1H3. The minimum absolute atomic E-state index is 0.193. The smallest absolute Gasteiger partial charge is 0.0358 e. The summed E-state index contributed by atoms with van der Waals surface area (Å²) in [7, 11) is 0. The van der Waals surface area contributed by atoms with Gasteiger partial charge in [-0.25, -0.2) is 5.43 Å². The van der Waals surface area contributed by atoms with Crippen molar-refractivity contribution in [2.45, 2.75) is 10.8 Å². The van der Waals surface area contributed by atoms with E-state index < -0.39 is 0 Å². The maximum absolute atomic E-state index is 4.02. The van der Waals surface area contributed by atoms with E-state index in [1.165, 1.54) is 0 Å². The third-order valence-corrected chi connectivity index (χ3v) is 2.66. The molecule has 0 aromatic heterocycles. The van der Waals surface area contributed by atoms with Gasteiger partial charge in [-0.15, -0.1) is 0 Å². The molecule has 0 aromatic carbocycles. The van der Waals surface area contributed by atoms with E-state index in [-0.39, 0.29) is 21.0 Å². The maximum Gasteiger partial charge on any atom is 0.0358 e. The third-order valence-electron chi connectivity index (χ3n) is 0.648. The Morgan fingerprint density at radius 3 is 3.00 bits per heavy atom. The molecule has 0 saturated carbocycles. The van der Waals surface area contributed by atoms with E-state index in [0.29, 0.717) is 0 Å². The van der Waals surface area contributed by atoms with Gasteiger partial charge in [-0.05, 0) is 0 Å². The fraction of sp³-hybridized carbons (Fsp3) is 1.00. The first kappa shape index (κ1) is 4.64. The van der Waals surface area contributed by atoms with E-state index in [1.807, 2.05) is 0 Å². The largest absolute Gasteiger partial charge is 0.208 e. The van der Waals surface area contributed by atoms with E-state index in [1.54, 1.807) is 0 Å². The highest BCUT2D eigenvalue weighted by Gasteiger charge is 2.00. The molecule has 0 amide bonds. The quantitative estimate of drug-likeness (QED) is 0.456. The van der Waals surface area contributed by atoms with Gasteiger partial charge in [0.1, 0.15) is 0 Å². The first-order chi connectivity index (χ1) is 2.89. The van der Waals surface area contributed by atoms with Crippen LogP contribution in [0.1, 0.15) is 6.92 Å². The maximum atomic E-state index is 4.02. The molecule has 2 nitrogen and oxygen atoms in total. The minimum atomic E-state index is 0.193. The van der Waals surface area contributed by atoms with Crippen LogP contribution in [0.5, 0.6) is 0 Å². The van der Waals surface area contributed by atoms with Crippen LogP contribution in [-0.2, 0) is 0 Å². The van der Waals surface area contributed by atoms with Crippen LogP contribution in [0.2, 0.25) is 0 Å². The van der Waals surface area contributed by atoms with E-state index in [0.717, 1.165) is 10.5 Å². The van der Waals surface area contributed by atoms with Crippen LogP contribution in [0.3, 0.4) is 0 Å². The van der Waals surface area contributed by atoms with Crippen molar-refractivity contribution in [3.63, 3.8) is 0 Å². The lowest BCUT2D eigenvalue weighted by atomic mass is 10.5. The molecule has 1 aliphatic rings. The van der Waals surface area contributed by atoms with Crippen molar-refractivity contribution in [2.24, 2.45) is 3.25 Å². The molecular weight excluding hydrogens is 191 g/mol. The summed E-state index contributed by atoms with van der Waals surface area (Å²) in [6.07, 6.45) is 0. The number of nitrogens with one attached hydrogen (secondary N) is 1. The lowest BCUT2D eigenvalue weighted by molar-refractivity contribution is 0.773. The molecule has 6 heavy (non-hydrogen) atoms. The number of rotatable bonds is 0. The van der Waals surface area contributed by atoms with Crippen LogP contribution in [0, 0.1) is 0 Å². The Bertz CT molecular complexity index is 71.2. The van der Waals surface area contributed by atoms with Gasteiger partial charge in [0.2, 0.25) is 0 Å². The molecule has 3 heteroatoms. The molecule has 1 atom stereocenters. The molecule has 1 heterocycles. The lowest BCUT2D eigenvalue weighted by Crippen LogP contribution is -2.07. The molecule has 0 fully saturated rings. The average molecular weight is 198 g/mol. The second kappa shape index (κ2) is 1.97. The lowest BCUT2D eigenvalue weighted by Gasteiger charge is -1.85. The number of hydrogen-bond donors (Lipinski definition) is 1. The number of nitrogens with zero attached hydrogens (tertiary/aromatic N) is 1. The number of hydrogen-bond acceptors (Lipinski definition) is 2. The van der Waals surface area contributed by atoms with Gasteiger partial charge >= 0.3 is 0 Å². The molecular formula is C3H7IN2. The molecule has 0 radical (unpaired) electrons. The van der Waals surface area contributed by atoms with Crippen molar-refractivity contribution >= 4 is 21.0 Å². The molecule has 0 saturated heterocycles. The Kier molecular flexibility index (Phi) is 1.53. The van der Waals surface area contributed by atoms with Gasteiger partial charge in [-0.2, -0.15) is 3.25 Å². The summed E-state index contributed by atoms with van der Waals surface area (Å²) < 4.78 is 4.90. The van der Waals surface area contributed by atoms with Crippen molar-refractivity contribution in [2.75, 3.05) is 6.54 Å². The van der Waals surface area contributed by atoms with Gasteiger partial charge in [0.15, 0.2) is 0 Å². The predicted octanol–water partition coefficient (Wildman–Crippen LogP) is 1.05. The Balaban J connectivity index is 2.38. The van der Waals surface area contributed by atoms with Crippen LogP contribution >= 0.6 is 21.0 Å². The monoisotopic (exact) mass is 198 g/mol. The second-order valence-corrected chi connectivity index (χ2v) is 4.49. The Labute approximate surface area is 47.4 Å². The molecule has 0 bridgehead atoms. The summed E-state index contributed by atoms with van der Waals surface area (Å²) >= 11 is 0.193. The van der Waals surface area contributed by atoms with Crippen molar-refractivity contribution in [3.8, 4) is 0 Å². The zero-order valence-corrected chi connectivity index (χ0v) is 5.77. The van der Waals surface area contributed by atoms with E-state index in [4.69, 9.17) is 0 Å². The van der Waals surface area contributed by atoms with Crippen LogP contribution < -0.4 is 5.43 Å². The summed E-state index contributed by atoms with van der Waals surface area (Å²) in [5, 5.41) is 0. The Morgan fingerprint density at radius 2 is 2.83 bits per heavy atom. The van der Waals surface area contributed by atoms with Gasteiger partial charge in [-0.1, -0.05) is 6.92 Å². The summed E-state index contributed by atoms with van der Waals surface area (Å²) in [6.45, 7) is 3.35. The van der Waals surface area contributed by atoms with E-state index in [2.05, 4.69) is 15.6 Å². The predicted molar refractivity (Wildman–Crippen MR) is 33.9 cm³/mol. The van der Waals surface area contributed by atoms with Crippen molar-refractivity contribution < 1.29 is 0 Å². The molecule has 1 N–H and O–H groups in total. The normalized spacial score (nSPS) is 33.2. The highest BCUT2D eigenvalue weighted by molar-refractivity contribution is 14.2. The van der Waals surface area contributed by atoms with Gasteiger partial charge < -0.3 is 0 Å². The topological polar surface area (TPSA) is 24.4 Å². The highest BCUT2D eigenvalue weighted by atomic mass is 127. The van der Waals surface area contributed by atoms with Crippen molar-refractivity contribution in [1.29, 1.82) is 0 Å². The van der Waals surface area contributed by atoms with Gasteiger partial charge in [0, 0.05) is 31.5 Å². The molecule has 0 spiro atoms. The molecule has 1 aliphatic heterocycles. The zero-order chi connectivity index (χ0) is 4.41. The van der Waals surface area contributed by atoms with Crippen LogP contribution in [0.25, 0.3) is 0 Å². The summed E-state index contributed by atoms with van der Waals surface area (Å²) in [6, 6.07) is 0. The van der Waals surface area contributed by atoms with E-state index >= 15 is 0 Å². The first-order valence-corrected chi connectivity index (χ1v) is 4.16. The second-order valence-electron chi connectivity index (χ2n) is 1.33. The van der Waals surface area contributed by atoms with Crippen molar-refractivity contribution in [1.82, 2.24) is 5.43 Å². The average Bonchev–Trinajstić information content (AvgIpc) is 1.86. The molecule has 36 valence electrons. The van der Waals surface area contributed by atoms with Crippen LogP contribution in [0.4, 0.5) is 0 Å². The minimum Gasteiger partial charge on any atom is -0.208 e. The molecule has 1 unspecified atom stereocenters.